The largest absolute Gasteiger partial charge is 0.338 e. The minimum Gasteiger partial charge on any atom is -0.338 e. The Morgan fingerprint density at radius 2 is 2.19 bits per heavy atom. The molecule has 1 fully saturated rings. The molecule has 0 unspecified atom stereocenters. The van der Waals surface area contributed by atoms with Gasteiger partial charge in [-0.15, -0.1) is 0 Å². The van der Waals surface area contributed by atoms with Crippen molar-refractivity contribution in [3.05, 3.63) is 53.9 Å². The monoisotopic (exact) mass is 284 g/mol. The minimum absolute atomic E-state index is 0.245. The van der Waals surface area contributed by atoms with Crippen LogP contribution in [-0.2, 0) is 12.5 Å². The highest BCUT2D eigenvalue weighted by Gasteiger charge is 2.51. The van der Waals surface area contributed by atoms with Crippen LogP contribution >= 0.6 is 0 Å². The molecule has 0 saturated heterocycles. The fourth-order valence-corrected chi connectivity index (χ4v) is 2.61. The number of rotatable bonds is 3. The first kappa shape index (κ1) is 12.3. The summed E-state index contributed by atoms with van der Waals surface area (Å²) in [5, 5.41) is 8.12. The Morgan fingerprint density at radius 1 is 1.33 bits per heavy atom. The van der Waals surface area contributed by atoms with Crippen LogP contribution in [-0.4, -0.2) is 19.9 Å². The van der Waals surface area contributed by atoms with Crippen LogP contribution in [0, 0.1) is 5.82 Å². The molecule has 0 amide bonds. The molecule has 0 bridgehead atoms. The molecule has 21 heavy (non-hydrogen) atoms. The quantitative estimate of drug-likeness (QED) is 0.742. The number of aryl methyl sites for hydroxylation is 1. The van der Waals surface area contributed by atoms with E-state index in [1.165, 1.54) is 6.07 Å². The van der Waals surface area contributed by atoms with Gasteiger partial charge in [0.15, 0.2) is 0 Å². The summed E-state index contributed by atoms with van der Waals surface area (Å²) >= 11 is 0. The average Bonchev–Trinajstić information content (AvgIpc) is 2.93. The highest BCUT2D eigenvalue weighted by Crippen LogP contribution is 2.53. The van der Waals surface area contributed by atoms with Crippen molar-refractivity contribution in [3.63, 3.8) is 0 Å². The first-order valence-electron chi connectivity index (χ1n) is 6.77. The molecule has 1 saturated carbocycles. The molecule has 2 heterocycles. The lowest BCUT2D eigenvalue weighted by atomic mass is 9.96. The summed E-state index contributed by atoms with van der Waals surface area (Å²) in [6.45, 7) is 0. The molecule has 1 aromatic carbocycles. The fraction of sp³-hybridized carbons (Fsp3) is 0.267. The Bertz CT molecular complexity index is 803. The molecule has 4 rings (SSSR count). The third kappa shape index (κ3) is 1.94. The van der Waals surface area contributed by atoms with Gasteiger partial charge in [0.1, 0.15) is 5.82 Å². The molecule has 0 radical (unpaired) electrons. The summed E-state index contributed by atoms with van der Waals surface area (Å²) in [4.78, 5) is 4.48. The van der Waals surface area contributed by atoms with Gasteiger partial charge in [-0.1, -0.05) is 17.3 Å². The number of hydrogen-bond donors (Lipinski definition) is 0. The van der Waals surface area contributed by atoms with Crippen molar-refractivity contribution in [2.45, 2.75) is 18.3 Å². The summed E-state index contributed by atoms with van der Waals surface area (Å²) in [5.74, 6) is 0.818. The Morgan fingerprint density at radius 3 is 2.86 bits per heavy atom. The maximum absolute atomic E-state index is 13.4. The second-order valence-corrected chi connectivity index (χ2v) is 5.42. The van der Waals surface area contributed by atoms with Gasteiger partial charge in [-0.25, -0.2) is 4.39 Å². The highest BCUT2D eigenvalue weighted by molar-refractivity contribution is 5.52. The lowest BCUT2D eigenvalue weighted by Crippen LogP contribution is -2.09. The Labute approximate surface area is 120 Å². The number of aromatic nitrogens is 4. The van der Waals surface area contributed by atoms with E-state index in [1.807, 2.05) is 19.3 Å². The third-order valence-corrected chi connectivity index (χ3v) is 3.93. The molecule has 3 aromatic rings. The molecule has 106 valence electrons. The predicted molar refractivity (Wildman–Crippen MR) is 72.9 cm³/mol. The zero-order valence-corrected chi connectivity index (χ0v) is 11.5. The van der Waals surface area contributed by atoms with E-state index in [1.54, 1.807) is 23.0 Å². The molecular weight excluding hydrogens is 271 g/mol. The summed E-state index contributed by atoms with van der Waals surface area (Å²) in [6, 6.07) is 6.60. The fourth-order valence-electron chi connectivity index (χ4n) is 2.61. The van der Waals surface area contributed by atoms with E-state index >= 15 is 0 Å². The van der Waals surface area contributed by atoms with Crippen molar-refractivity contribution in [1.29, 1.82) is 0 Å². The molecule has 0 aliphatic heterocycles. The smallest absolute Gasteiger partial charge is 0.237 e. The molecule has 0 N–H and O–H groups in total. The first-order valence-corrected chi connectivity index (χ1v) is 6.77. The summed E-state index contributed by atoms with van der Waals surface area (Å²) in [5.41, 5.74) is 1.38. The van der Waals surface area contributed by atoms with Gasteiger partial charge >= 0.3 is 0 Å². The second kappa shape index (κ2) is 4.25. The van der Waals surface area contributed by atoms with Gasteiger partial charge in [-0.05, 0) is 30.5 Å². The molecule has 6 heteroatoms. The van der Waals surface area contributed by atoms with Gasteiger partial charge in [0.25, 0.3) is 0 Å². The lowest BCUT2D eigenvalue weighted by Gasteiger charge is -2.10. The average molecular weight is 284 g/mol. The van der Waals surface area contributed by atoms with Crippen molar-refractivity contribution in [1.82, 2.24) is 19.9 Å². The summed E-state index contributed by atoms with van der Waals surface area (Å²) in [7, 11) is 1.83. The SMILES string of the molecule is Cn1cc(-c2noc(C3(c4cccc(F)c4)CC3)n2)cn1. The zero-order valence-electron chi connectivity index (χ0n) is 11.5. The summed E-state index contributed by atoms with van der Waals surface area (Å²) < 4.78 is 20.6. The number of nitrogens with zero attached hydrogens (tertiary/aromatic N) is 4. The van der Waals surface area contributed by atoms with Gasteiger partial charge in [-0.2, -0.15) is 10.1 Å². The van der Waals surface area contributed by atoms with Crippen molar-refractivity contribution in [2.24, 2.45) is 7.05 Å². The zero-order chi connectivity index (χ0) is 14.4. The van der Waals surface area contributed by atoms with Gasteiger partial charge in [-0.3, -0.25) is 4.68 Å². The number of benzene rings is 1. The van der Waals surface area contributed by atoms with Crippen molar-refractivity contribution in [2.75, 3.05) is 0 Å². The van der Waals surface area contributed by atoms with E-state index in [0.29, 0.717) is 11.7 Å². The molecule has 1 aliphatic rings. The van der Waals surface area contributed by atoms with Gasteiger partial charge < -0.3 is 4.52 Å². The molecular formula is C15H13FN4O. The maximum Gasteiger partial charge on any atom is 0.237 e. The van der Waals surface area contributed by atoms with Gasteiger partial charge in [0, 0.05) is 13.2 Å². The van der Waals surface area contributed by atoms with Crippen LogP contribution < -0.4 is 0 Å². The molecule has 1 aliphatic carbocycles. The topological polar surface area (TPSA) is 56.7 Å². The van der Waals surface area contributed by atoms with Crippen LogP contribution in [0.15, 0.2) is 41.2 Å². The van der Waals surface area contributed by atoms with E-state index < -0.39 is 0 Å². The maximum atomic E-state index is 13.4. The Hall–Kier alpha value is -2.50. The minimum atomic E-state index is -0.324. The summed E-state index contributed by atoms with van der Waals surface area (Å²) in [6.07, 6.45) is 5.31. The Kier molecular flexibility index (Phi) is 2.48. The standard InChI is InChI=1S/C15H13FN4O/c1-20-9-10(8-17-20)13-18-14(21-19-13)15(5-6-15)11-3-2-4-12(16)7-11/h2-4,7-9H,5-6H2,1H3. The second-order valence-electron chi connectivity index (χ2n) is 5.42. The third-order valence-electron chi connectivity index (χ3n) is 3.93. The molecule has 5 nitrogen and oxygen atoms in total. The van der Waals surface area contributed by atoms with Crippen molar-refractivity contribution >= 4 is 0 Å². The highest BCUT2D eigenvalue weighted by atomic mass is 19.1. The predicted octanol–water partition coefficient (Wildman–Crippen LogP) is 2.69. The Balaban J connectivity index is 1.72. The molecule has 0 spiro atoms. The normalized spacial score (nSPS) is 16.1. The molecule has 0 atom stereocenters. The molecule has 2 aromatic heterocycles. The van der Waals surface area contributed by atoms with E-state index in [2.05, 4.69) is 15.2 Å². The van der Waals surface area contributed by atoms with E-state index in [-0.39, 0.29) is 11.2 Å². The van der Waals surface area contributed by atoms with Crippen LogP contribution in [0.5, 0.6) is 0 Å². The van der Waals surface area contributed by atoms with Gasteiger partial charge in [0.2, 0.25) is 11.7 Å². The van der Waals surface area contributed by atoms with Crippen molar-refractivity contribution < 1.29 is 8.91 Å². The van der Waals surface area contributed by atoms with Crippen molar-refractivity contribution in [3.8, 4) is 11.4 Å². The number of halogens is 1. The van der Waals surface area contributed by atoms with Gasteiger partial charge in [0.05, 0.1) is 17.2 Å². The number of hydrogen-bond acceptors (Lipinski definition) is 4. The van der Waals surface area contributed by atoms with E-state index in [0.717, 1.165) is 24.0 Å². The lowest BCUT2D eigenvalue weighted by molar-refractivity contribution is 0.360. The van der Waals surface area contributed by atoms with Crippen LogP contribution in [0.25, 0.3) is 11.4 Å². The van der Waals surface area contributed by atoms with Crippen LogP contribution in [0.3, 0.4) is 0 Å². The van der Waals surface area contributed by atoms with Crippen LogP contribution in [0.2, 0.25) is 0 Å². The first-order chi connectivity index (χ1) is 10.2. The van der Waals surface area contributed by atoms with Crippen LogP contribution in [0.4, 0.5) is 4.39 Å². The van der Waals surface area contributed by atoms with E-state index in [4.69, 9.17) is 4.52 Å². The van der Waals surface area contributed by atoms with Crippen LogP contribution in [0.1, 0.15) is 24.3 Å². The van der Waals surface area contributed by atoms with E-state index in [9.17, 15) is 4.39 Å².